The Kier molecular flexibility index (Phi) is 10.4. The van der Waals surface area contributed by atoms with E-state index < -0.39 is 5.60 Å². The molecule has 1 amide bonds. The summed E-state index contributed by atoms with van der Waals surface area (Å²) < 4.78 is 11.4. The summed E-state index contributed by atoms with van der Waals surface area (Å²) in [5, 5.41) is 3.10. The van der Waals surface area contributed by atoms with Crippen LogP contribution in [0.3, 0.4) is 0 Å². The molecule has 5 atom stereocenters. The van der Waals surface area contributed by atoms with Gasteiger partial charge in [0, 0.05) is 32.7 Å². The largest absolute Gasteiger partial charge is 0.459 e. The Morgan fingerprint density at radius 1 is 1.21 bits per heavy atom. The third kappa shape index (κ3) is 8.42. The molecule has 0 saturated carbocycles. The molecule has 1 aliphatic rings. The first kappa shape index (κ1) is 27.3. The van der Waals surface area contributed by atoms with Crippen molar-refractivity contribution in [2.24, 2.45) is 11.8 Å². The Labute approximate surface area is 200 Å². The number of amides is 1. The van der Waals surface area contributed by atoms with E-state index in [9.17, 15) is 9.59 Å². The molecule has 0 radical (unpaired) electrons. The highest BCUT2D eigenvalue weighted by atomic mass is 16.6. The van der Waals surface area contributed by atoms with Gasteiger partial charge in [-0.25, -0.2) is 0 Å². The molecule has 0 aliphatic carbocycles. The molecule has 0 spiro atoms. The first-order valence-electron chi connectivity index (χ1n) is 12.3. The van der Waals surface area contributed by atoms with Crippen LogP contribution in [0.15, 0.2) is 30.3 Å². The summed E-state index contributed by atoms with van der Waals surface area (Å²) in [6.07, 6.45) is 3.68. The number of nitrogens with zero attached hydrogens (tertiary/aromatic N) is 1. The summed E-state index contributed by atoms with van der Waals surface area (Å²) in [5.74, 6) is 0.374. The average Bonchev–Trinajstić information content (AvgIpc) is 3.04. The highest BCUT2D eigenvalue weighted by Gasteiger charge is 2.46. The summed E-state index contributed by atoms with van der Waals surface area (Å²) in [6.45, 7) is 12.9. The van der Waals surface area contributed by atoms with Crippen molar-refractivity contribution < 1.29 is 19.1 Å². The van der Waals surface area contributed by atoms with Crippen molar-refractivity contribution in [3.8, 4) is 0 Å². The Bertz CT molecular complexity index is 746. The maximum absolute atomic E-state index is 13.3. The third-order valence-electron chi connectivity index (χ3n) is 6.51. The molecule has 1 saturated heterocycles. The molecule has 2 unspecified atom stereocenters. The second kappa shape index (κ2) is 12.5. The smallest absolute Gasteiger partial charge is 0.323 e. The van der Waals surface area contributed by atoms with E-state index in [1.54, 1.807) is 14.0 Å². The molecule has 1 N–H and O–H groups in total. The number of methoxy groups -OCH3 is 1. The molecular weight excluding hydrogens is 416 g/mol. The summed E-state index contributed by atoms with van der Waals surface area (Å²) in [6, 6.07) is 10.2. The Hall–Kier alpha value is -1.92. The van der Waals surface area contributed by atoms with Gasteiger partial charge in [0.25, 0.3) is 0 Å². The first-order chi connectivity index (χ1) is 15.6. The second-order valence-corrected chi connectivity index (χ2v) is 10.5. The van der Waals surface area contributed by atoms with Crippen LogP contribution in [0.4, 0.5) is 0 Å². The number of hydrogen-bond acceptors (Lipinski definition) is 5. The minimum absolute atomic E-state index is 0.00348. The standard InChI is InChI=1S/C27H44N2O4/c1-8-12-22(19(2)28-20(3)30)15-24-23(18-32-7)16-25(26(31)33-27(4,5)6)29(24)17-21-13-10-9-11-14-21/h9-11,13-14,19,22-25H,8,12,15-18H2,1-7H3,(H,28,30)/t19?,22?,23-,24+,25+/m0/s1. The Morgan fingerprint density at radius 2 is 1.88 bits per heavy atom. The Morgan fingerprint density at radius 3 is 2.42 bits per heavy atom. The van der Waals surface area contributed by atoms with Crippen molar-refractivity contribution in [1.29, 1.82) is 0 Å². The lowest BCUT2D eigenvalue weighted by Gasteiger charge is -2.36. The number of nitrogens with one attached hydrogen (secondary N) is 1. The third-order valence-corrected chi connectivity index (χ3v) is 6.51. The summed E-state index contributed by atoms with van der Waals surface area (Å²) in [5.41, 5.74) is 0.644. The van der Waals surface area contributed by atoms with Gasteiger partial charge in [-0.1, -0.05) is 43.7 Å². The van der Waals surface area contributed by atoms with E-state index in [0.717, 1.165) is 19.3 Å². The summed E-state index contributed by atoms with van der Waals surface area (Å²) >= 11 is 0. The van der Waals surface area contributed by atoms with Gasteiger partial charge in [-0.15, -0.1) is 0 Å². The van der Waals surface area contributed by atoms with Gasteiger partial charge in [-0.2, -0.15) is 0 Å². The topological polar surface area (TPSA) is 67.9 Å². The molecule has 0 aromatic heterocycles. The van der Waals surface area contributed by atoms with Gasteiger partial charge in [-0.05, 0) is 64.4 Å². The molecule has 1 aromatic carbocycles. The zero-order chi connectivity index (χ0) is 24.6. The number of benzene rings is 1. The molecule has 2 rings (SSSR count). The lowest BCUT2D eigenvalue weighted by molar-refractivity contribution is -0.161. The van der Waals surface area contributed by atoms with Crippen molar-refractivity contribution in [2.45, 2.75) is 97.5 Å². The molecule has 1 fully saturated rings. The van der Waals surface area contributed by atoms with Gasteiger partial charge in [0.05, 0.1) is 6.61 Å². The van der Waals surface area contributed by atoms with E-state index in [1.165, 1.54) is 5.56 Å². The number of carbonyl (C=O) groups excluding carboxylic acids is 2. The van der Waals surface area contributed by atoms with Crippen molar-refractivity contribution in [1.82, 2.24) is 10.2 Å². The fourth-order valence-corrected chi connectivity index (χ4v) is 5.12. The van der Waals surface area contributed by atoms with Crippen molar-refractivity contribution in [3.05, 3.63) is 35.9 Å². The predicted molar refractivity (Wildman–Crippen MR) is 132 cm³/mol. The van der Waals surface area contributed by atoms with Gasteiger partial charge < -0.3 is 14.8 Å². The van der Waals surface area contributed by atoms with E-state index in [4.69, 9.17) is 9.47 Å². The number of ether oxygens (including phenoxy) is 2. The van der Waals surface area contributed by atoms with Crippen LogP contribution >= 0.6 is 0 Å². The average molecular weight is 461 g/mol. The van der Waals surface area contributed by atoms with Gasteiger partial charge in [-0.3, -0.25) is 14.5 Å². The van der Waals surface area contributed by atoms with E-state index in [2.05, 4.69) is 36.2 Å². The minimum Gasteiger partial charge on any atom is -0.459 e. The molecular formula is C27H44N2O4. The molecule has 33 heavy (non-hydrogen) atoms. The first-order valence-corrected chi connectivity index (χ1v) is 12.3. The van der Waals surface area contributed by atoms with Crippen LogP contribution in [0.25, 0.3) is 0 Å². The van der Waals surface area contributed by atoms with Crippen LogP contribution in [0.1, 0.15) is 72.8 Å². The summed E-state index contributed by atoms with van der Waals surface area (Å²) in [7, 11) is 1.73. The van der Waals surface area contributed by atoms with Gasteiger partial charge in [0.2, 0.25) is 5.91 Å². The predicted octanol–water partition coefficient (Wildman–Crippen LogP) is 4.56. The summed E-state index contributed by atoms with van der Waals surface area (Å²) in [4.78, 5) is 27.4. The van der Waals surface area contributed by atoms with Gasteiger partial charge >= 0.3 is 5.97 Å². The molecule has 6 heteroatoms. The monoisotopic (exact) mass is 460 g/mol. The lowest BCUT2D eigenvalue weighted by atomic mass is 9.85. The highest BCUT2D eigenvalue weighted by molar-refractivity contribution is 5.77. The van der Waals surface area contributed by atoms with Gasteiger partial charge in [0.15, 0.2) is 0 Å². The van der Waals surface area contributed by atoms with Crippen LogP contribution < -0.4 is 5.32 Å². The lowest BCUT2D eigenvalue weighted by Crippen LogP contribution is -2.46. The molecule has 186 valence electrons. The molecule has 1 heterocycles. The second-order valence-electron chi connectivity index (χ2n) is 10.5. The number of likely N-dealkylation sites (tertiary alicyclic amines) is 1. The van der Waals surface area contributed by atoms with E-state index >= 15 is 0 Å². The Balaban J connectivity index is 2.37. The van der Waals surface area contributed by atoms with Crippen molar-refractivity contribution in [3.63, 3.8) is 0 Å². The fourth-order valence-electron chi connectivity index (χ4n) is 5.12. The number of esters is 1. The maximum Gasteiger partial charge on any atom is 0.323 e. The number of rotatable bonds is 11. The highest BCUT2D eigenvalue weighted by Crippen LogP contribution is 2.38. The molecule has 1 aliphatic heterocycles. The molecule has 0 bridgehead atoms. The maximum atomic E-state index is 13.3. The molecule has 1 aromatic rings. The van der Waals surface area contributed by atoms with Crippen LogP contribution in [0.2, 0.25) is 0 Å². The minimum atomic E-state index is -0.533. The van der Waals surface area contributed by atoms with Crippen molar-refractivity contribution >= 4 is 11.9 Å². The van der Waals surface area contributed by atoms with Gasteiger partial charge in [0.1, 0.15) is 11.6 Å². The van der Waals surface area contributed by atoms with Crippen LogP contribution in [0, 0.1) is 11.8 Å². The normalized spacial score (nSPS) is 23.2. The van der Waals surface area contributed by atoms with Crippen LogP contribution in [-0.2, 0) is 25.6 Å². The number of hydrogen-bond donors (Lipinski definition) is 1. The van der Waals surface area contributed by atoms with E-state index in [0.29, 0.717) is 25.5 Å². The quantitative estimate of drug-likeness (QED) is 0.490. The van der Waals surface area contributed by atoms with Crippen LogP contribution in [-0.4, -0.2) is 54.2 Å². The fraction of sp³-hybridized carbons (Fsp3) is 0.704. The van der Waals surface area contributed by atoms with Crippen LogP contribution in [0.5, 0.6) is 0 Å². The molecule has 6 nitrogen and oxygen atoms in total. The zero-order valence-electron chi connectivity index (χ0n) is 21.6. The zero-order valence-corrected chi connectivity index (χ0v) is 21.6. The van der Waals surface area contributed by atoms with E-state index in [-0.39, 0.29) is 35.9 Å². The number of carbonyl (C=O) groups is 2. The van der Waals surface area contributed by atoms with E-state index in [1.807, 2.05) is 39.0 Å². The SMILES string of the molecule is CCCC(C[C@@H]1[C@H](COC)C[C@H](C(=O)OC(C)(C)C)N1Cc1ccccc1)C(C)NC(C)=O. The van der Waals surface area contributed by atoms with Crippen molar-refractivity contribution in [2.75, 3.05) is 13.7 Å².